The Morgan fingerprint density at radius 1 is 1.24 bits per heavy atom. The molecule has 0 aliphatic heterocycles. The van der Waals surface area contributed by atoms with Crippen LogP contribution < -0.4 is 5.73 Å². The minimum atomic E-state index is 0.0199. The van der Waals surface area contributed by atoms with Gasteiger partial charge in [0.05, 0.1) is 5.54 Å². The monoisotopic (exact) mass is 300 g/mol. The van der Waals surface area contributed by atoms with Gasteiger partial charge in [-0.2, -0.15) is 0 Å². The smallest absolute Gasteiger partial charge is 0.0584 e. The summed E-state index contributed by atoms with van der Waals surface area (Å²) in [4.78, 5) is 3.95. The Bertz CT molecular complexity index is 579. The first-order chi connectivity index (χ1) is 10.3. The number of rotatable bonds is 5. The van der Waals surface area contributed by atoms with Crippen LogP contribution in [0.25, 0.3) is 0 Å². The Balaban J connectivity index is 1.83. The number of aryl methyl sites for hydroxylation is 1. The highest BCUT2D eigenvalue weighted by Crippen LogP contribution is 2.38. The molecule has 3 heteroatoms. The molecule has 1 aromatic carbocycles. The number of nitrogens with two attached hydrogens (primary N) is 1. The van der Waals surface area contributed by atoms with Crippen LogP contribution in [-0.2, 0) is 18.4 Å². The van der Waals surface area contributed by atoms with Crippen LogP contribution in [0.2, 0.25) is 0 Å². The van der Waals surface area contributed by atoms with Crippen molar-refractivity contribution < 1.29 is 0 Å². The van der Waals surface area contributed by atoms with Gasteiger partial charge in [-0.05, 0) is 55.3 Å². The summed E-state index contributed by atoms with van der Waals surface area (Å²) in [6, 6.07) is 13.2. The Labute approximate surface area is 131 Å². The highest BCUT2D eigenvalue weighted by Gasteiger charge is 2.38. The normalized spacial score (nSPS) is 21.5. The summed E-state index contributed by atoms with van der Waals surface area (Å²) in [6.07, 6.45) is 4.70. The lowest BCUT2D eigenvalue weighted by atomic mass is 9.75. The summed E-state index contributed by atoms with van der Waals surface area (Å²) < 4.78 is 0. The number of benzene rings is 1. The molecule has 21 heavy (non-hydrogen) atoms. The maximum atomic E-state index is 6.26. The van der Waals surface area contributed by atoms with Crippen molar-refractivity contribution in [3.8, 4) is 0 Å². The molecule has 0 fully saturated rings. The molecule has 1 unspecified atom stereocenters. The van der Waals surface area contributed by atoms with Gasteiger partial charge in [-0.3, -0.25) is 4.90 Å². The molecule has 1 aliphatic rings. The summed E-state index contributed by atoms with van der Waals surface area (Å²) in [6.45, 7) is 1.76. The van der Waals surface area contributed by atoms with E-state index in [-0.39, 0.29) is 5.54 Å². The molecule has 0 saturated heterocycles. The number of likely N-dealkylation sites (N-methyl/N-ethyl adjacent to an activating group) is 1. The predicted octanol–water partition coefficient (Wildman–Crippen LogP) is 3.41. The predicted molar refractivity (Wildman–Crippen MR) is 90.8 cm³/mol. The maximum Gasteiger partial charge on any atom is 0.0584 e. The van der Waals surface area contributed by atoms with Crippen LogP contribution in [0.5, 0.6) is 0 Å². The summed E-state index contributed by atoms with van der Waals surface area (Å²) in [5.41, 5.74) is 9.22. The van der Waals surface area contributed by atoms with Crippen molar-refractivity contribution in [1.29, 1.82) is 0 Å². The van der Waals surface area contributed by atoms with E-state index in [2.05, 4.69) is 53.7 Å². The Morgan fingerprint density at radius 3 is 2.86 bits per heavy atom. The molecule has 0 spiro atoms. The fourth-order valence-electron chi connectivity index (χ4n) is 3.61. The molecule has 0 saturated carbocycles. The average Bonchev–Trinajstić information content (AvgIpc) is 3.05. The van der Waals surface area contributed by atoms with E-state index in [1.807, 2.05) is 11.3 Å². The molecule has 3 rings (SSSR count). The maximum absolute atomic E-state index is 6.26. The fourth-order valence-corrected chi connectivity index (χ4v) is 4.31. The Hall–Kier alpha value is -1.16. The van der Waals surface area contributed by atoms with Gasteiger partial charge in [0.25, 0.3) is 0 Å². The molecule has 1 heterocycles. The highest BCUT2D eigenvalue weighted by atomic mass is 32.1. The first-order valence-corrected chi connectivity index (χ1v) is 8.66. The number of fused-ring (bicyclic) bond motifs is 1. The van der Waals surface area contributed by atoms with Crippen LogP contribution in [0.15, 0.2) is 41.8 Å². The third kappa shape index (κ3) is 2.78. The molecule has 2 aromatic rings. The van der Waals surface area contributed by atoms with Gasteiger partial charge in [-0.1, -0.05) is 30.3 Å². The van der Waals surface area contributed by atoms with Crippen molar-refractivity contribution in [2.45, 2.75) is 31.2 Å². The Morgan fingerprint density at radius 2 is 2.10 bits per heavy atom. The largest absolute Gasteiger partial charge is 0.328 e. The van der Waals surface area contributed by atoms with Gasteiger partial charge >= 0.3 is 0 Å². The van der Waals surface area contributed by atoms with Gasteiger partial charge in [0.15, 0.2) is 0 Å². The first kappa shape index (κ1) is 14.8. The molecule has 0 bridgehead atoms. The van der Waals surface area contributed by atoms with E-state index in [0.717, 1.165) is 13.0 Å². The quantitative estimate of drug-likeness (QED) is 0.917. The summed E-state index contributed by atoms with van der Waals surface area (Å²) in [5.74, 6) is 0. The number of hydrogen-bond acceptors (Lipinski definition) is 3. The topological polar surface area (TPSA) is 29.3 Å². The molecule has 0 radical (unpaired) electrons. The van der Waals surface area contributed by atoms with Crippen molar-refractivity contribution in [1.82, 2.24) is 4.90 Å². The molecule has 112 valence electrons. The van der Waals surface area contributed by atoms with Crippen molar-refractivity contribution in [3.05, 3.63) is 57.8 Å². The van der Waals surface area contributed by atoms with E-state index in [0.29, 0.717) is 6.54 Å². The van der Waals surface area contributed by atoms with Crippen LogP contribution >= 0.6 is 11.3 Å². The first-order valence-electron chi connectivity index (χ1n) is 7.78. The van der Waals surface area contributed by atoms with Crippen molar-refractivity contribution >= 4 is 11.3 Å². The molecule has 2 N–H and O–H groups in total. The minimum absolute atomic E-state index is 0.0199. The second-order valence-corrected chi connectivity index (χ2v) is 7.03. The van der Waals surface area contributed by atoms with Gasteiger partial charge < -0.3 is 5.73 Å². The zero-order chi connectivity index (χ0) is 14.7. The lowest BCUT2D eigenvalue weighted by Gasteiger charge is -2.45. The van der Waals surface area contributed by atoms with Crippen molar-refractivity contribution in [3.63, 3.8) is 0 Å². The van der Waals surface area contributed by atoms with Gasteiger partial charge in [0, 0.05) is 18.0 Å². The zero-order valence-electron chi connectivity index (χ0n) is 12.7. The SMILES string of the molecule is CN(CCc1cccs1)C1(CN)CCCc2ccccc21. The van der Waals surface area contributed by atoms with Crippen LogP contribution in [0.1, 0.15) is 28.8 Å². The molecular formula is C18H24N2S. The third-order valence-corrected chi connectivity index (χ3v) is 5.83. The molecule has 1 aromatic heterocycles. The van der Waals surface area contributed by atoms with E-state index < -0.39 is 0 Å². The summed E-state index contributed by atoms with van der Waals surface area (Å²) in [7, 11) is 2.24. The standard InChI is InChI=1S/C18H24N2S/c1-20(12-10-16-8-5-13-21-16)18(14-19)11-4-7-15-6-2-3-9-17(15)18/h2-3,5-6,8-9,13H,4,7,10-12,14,19H2,1H3. The van der Waals surface area contributed by atoms with Crippen LogP contribution in [0, 0.1) is 0 Å². The lowest BCUT2D eigenvalue weighted by Crippen LogP contribution is -2.51. The van der Waals surface area contributed by atoms with E-state index in [1.54, 1.807) is 0 Å². The van der Waals surface area contributed by atoms with Crippen LogP contribution in [0.4, 0.5) is 0 Å². The summed E-state index contributed by atoms with van der Waals surface area (Å²) in [5, 5.41) is 2.16. The number of thiophene rings is 1. The summed E-state index contributed by atoms with van der Waals surface area (Å²) >= 11 is 1.85. The fraction of sp³-hybridized carbons (Fsp3) is 0.444. The second kappa shape index (κ2) is 6.30. The van der Waals surface area contributed by atoms with Gasteiger partial charge in [0.1, 0.15) is 0 Å². The number of nitrogens with zero attached hydrogens (tertiary/aromatic N) is 1. The highest BCUT2D eigenvalue weighted by molar-refractivity contribution is 7.09. The molecular weight excluding hydrogens is 276 g/mol. The van der Waals surface area contributed by atoms with Gasteiger partial charge in [-0.25, -0.2) is 0 Å². The van der Waals surface area contributed by atoms with Gasteiger partial charge in [0.2, 0.25) is 0 Å². The van der Waals surface area contributed by atoms with Gasteiger partial charge in [-0.15, -0.1) is 11.3 Å². The second-order valence-electron chi connectivity index (χ2n) is 6.00. The van der Waals surface area contributed by atoms with E-state index in [9.17, 15) is 0 Å². The van der Waals surface area contributed by atoms with Crippen LogP contribution in [0.3, 0.4) is 0 Å². The third-order valence-electron chi connectivity index (χ3n) is 4.90. The van der Waals surface area contributed by atoms with E-state index >= 15 is 0 Å². The molecule has 1 atom stereocenters. The molecule has 1 aliphatic carbocycles. The van der Waals surface area contributed by atoms with Crippen LogP contribution in [-0.4, -0.2) is 25.0 Å². The minimum Gasteiger partial charge on any atom is -0.328 e. The average molecular weight is 300 g/mol. The van der Waals surface area contributed by atoms with Crippen molar-refractivity contribution in [2.75, 3.05) is 20.1 Å². The van der Waals surface area contributed by atoms with E-state index in [4.69, 9.17) is 5.73 Å². The zero-order valence-corrected chi connectivity index (χ0v) is 13.5. The lowest BCUT2D eigenvalue weighted by molar-refractivity contribution is 0.105. The van der Waals surface area contributed by atoms with Crippen molar-refractivity contribution in [2.24, 2.45) is 5.73 Å². The molecule has 2 nitrogen and oxygen atoms in total. The Kier molecular flexibility index (Phi) is 4.43. The molecule has 0 amide bonds. The number of hydrogen-bond donors (Lipinski definition) is 1. The van der Waals surface area contributed by atoms with E-state index in [1.165, 1.54) is 35.3 Å².